The van der Waals surface area contributed by atoms with E-state index >= 15 is 0 Å². The van der Waals surface area contributed by atoms with Crippen molar-refractivity contribution in [3.8, 4) is 5.75 Å². The molecule has 3 aliphatic carbocycles. The number of phenols is 1. The molecule has 216 valence electrons. The molecule has 6 unspecified atom stereocenters. The Morgan fingerprint density at radius 2 is 1.68 bits per heavy atom. The number of hydrogen-bond acceptors (Lipinski definition) is 9. The van der Waals surface area contributed by atoms with Crippen molar-refractivity contribution < 1.29 is 34.2 Å². The Labute approximate surface area is 238 Å². The number of rotatable bonds is 6. The smallest absolute Gasteiger partial charge is 0.235 e. The van der Waals surface area contributed by atoms with Gasteiger partial charge in [0.1, 0.15) is 5.75 Å². The predicted octanol–water partition coefficient (Wildman–Crippen LogP) is 0.718. The lowest BCUT2D eigenvalue weighted by Gasteiger charge is -2.52. The zero-order chi connectivity index (χ0) is 30.0. The van der Waals surface area contributed by atoms with Gasteiger partial charge < -0.3 is 20.8 Å². The molecule has 5 rings (SSSR count). The van der Waals surface area contributed by atoms with Gasteiger partial charge in [0.05, 0.1) is 17.5 Å². The zero-order valence-electron chi connectivity index (χ0n) is 23.6. The van der Waals surface area contributed by atoms with Crippen molar-refractivity contribution in [3.63, 3.8) is 0 Å². The number of benzene rings is 2. The number of amides is 1. The standard InChI is InChI=1S/C31H35N3O7/c1-33(2)20-14-16(11-10-15-8-6-5-7-9-15)25(35)22-18(20)12-17-13-19-24(34(3)4)27(37)23(30(32)40)29(39)31(19,41)28(38)21(17)26(22)36/h5-9,14,17,19,21,23-24,35,41H,10-13H2,1-4H3,(H2,32,40). The summed E-state index contributed by atoms with van der Waals surface area (Å²) in [5.41, 5.74) is 5.59. The third kappa shape index (κ3) is 4.28. The van der Waals surface area contributed by atoms with Crippen LogP contribution in [0.15, 0.2) is 36.4 Å². The maximum absolute atomic E-state index is 14.1. The van der Waals surface area contributed by atoms with E-state index in [-0.39, 0.29) is 24.2 Å². The van der Waals surface area contributed by atoms with Crippen LogP contribution in [0.25, 0.3) is 0 Å². The lowest BCUT2D eigenvalue weighted by molar-refractivity contribution is -0.181. The van der Waals surface area contributed by atoms with Gasteiger partial charge in [0, 0.05) is 25.7 Å². The Kier molecular flexibility index (Phi) is 7.11. The SMILES string of the molecule is CN(C)c1cc(CCc2ccccc2)c(O)c2c1CC1CC3C(N(C)C)C(=O)C(C(N)=O)C(=O)C3(O)C(=O)C1C2=O. The summed E-state index contributed by atoms with van der Waals surface area (Å²) >= 11 is 0. The number of Topliss-reactive ketones (excluding diaryl/α,β-unsaturated/α-hetero) is 4. The third-order valence-corrected chi connectivity index (χ3v) is 9.12. The van der Waals surface area contributed by atoms with E-state index in [4.69, 9.17) is 5.73 Å². The quantitative estimate of drug-likeness (QED) is 0.432. The highest BCUT2D eigenvalue weighted by atomic mass is 16.3. The molecule has 0 heterocycles. The van der Waals surface area contributed by atoms with E-state index < -0.39 is 64.4 Å². The van der Waals surface area contributed by atoms with Crippen LogP contribution in [0.4, 0.5) is 5.69 Å². The molecule has 4 N–H and O–H groups in total. The second-order valence-corrected chi connectivity index (χ2v) is 11.9. The number of carbonyl (C=O) groups excluding carboxylic acids is 5. The van der Waals surface area contributed by atoms with Gasteiger partial charge in [-0.3, -0.25) is 28.9 Å². The summed E-state index contributed by atoms with van der Waals surface area (Å²) in [6.45, 7) is 0. The number of fused-ring (bicyclic) bond motifs is 3. The van der Waals surface area contributed by atoms with Crippen LogP contribution in [-0.2, 0) is 38.4 Å². The first-order valence-electron chi connectivity index (χ1n) is 13.7. The molecule has 6 atom stereocenters. The first-order chi connectivity index (χ1) is 19.3. The van der Waals surface area contributed by atoms with Gasteiger partial charge in [-0.15, -0.1) is 0 Å². The number of aromatic hydroxyl groups is 1. The Morgan fingerprint density at radius 3 is 2.27 bits per heavy atom. The van der Waals surface area contributed by atoms with Crippen molar-refractivity contribution in [3.05, 3.63) is 58.7 Å². The number of likely N-dealkylation sites (N-methyl/N-ethyl adjacent to an activating group) is 1. The molecule has 0 radical (unpaired) electrons. The van der Waals surface area contributed by atoms with Gasteiger partial charge in [0.15, 0.2) is 34.7 Å². The maximum atomic E-state index is 14.1. The highest BCUT2D eigenvalue weighted by Gasteiger charge is 2.69. The lowest BCUT2D eigenvalue weighted by Crippen LogP contribution is -2.74. The van der Waals surface area contributed by atoms with Gasteiger partial charge in [-0.2, -0.15) is 0 Å². The minimum atomic E-state index is -2.73. The van der Waals surface area contributed by atoms with Gasteiger partial charge >= 0.3 is 0 Å². The van der Waals surface area contributed by atoms with Crippen molar-refractivity contribution >= 4 is 34.7 Å². The predicted molar refractivity (Wildman–Crippen MR) is 150 cm³/mol. The number of nitrogens with two attached hydrogens (primary N) is 1. The number of ketones is 4. The molecule has 2 aromatic carbocycles. The molecule has 0 aliphatic heterocycles. The number of aryl methyl sites for hydroxylation is 2. The Hall–Kier alpha value is -3.89. The molecule has 2 fully saturated rings. The van der Waals surface area contributed by atoms with Crippen LogP contribution < -0.4 is 10.6 Å². The molecule has 2 aromatic rings. The first-order valence-corrected chi connectivity index (χ1v) is 13.7. The molecule has 0 spiro atoms. The van der Waals surface area contributed by atoms with Gasteiger partial charge in [-0.05, 0) is 68.5 Å². The largest absolute Gasteiger partial charge is 0.507 e. The van der Waals surface area contributed by atoms with Crippen LogP contribution in [0.2, 0.25) is 0 Å². The third-order valence-electron chi connectivity index (χ3n) is 9.12. The van der Waals surface area contributed by atoms with E-state index in [1.807, 2.05) is 55.4 Å². The number of nitrogens with zero attached hydrogens (tertiary/aromatic N) is 2. The second kappa shape index (κ2) is 10.2. The number of aliphatic hydroxyl groups is 1. The molecule has 0 bridgehead atoms. The van der Waals surface area contributed by atoms with Crippen molar-refractivity contribution in [2.24, 2.45) is 29.4 Å². The average molecular weight is 562 g/mol. The van der Waals surface area contributed by atoms with Crippen molar-refractivity contribution in [2.75, 3.05) is 33.1 Å². The van der Waals surface area contributed by atoms with E-state index in [0.717, 1.165) is 11.3 Å². The molecule has 2 saturated carbocycles. The van der Waals surface area contributed by atoms with Gasteiger partial charge in [-0.1, -0.05) is 30.3 Å². The number of carbonyl (C=O) groups is 5. The normalized spacial score (nSPS) is 29.2. The van der Waals surface area contributed by atoms with E-state index in [1.165, 1.54) is 4.90 Å². The van der Waals surface area contributed by atoms with Crippen LogP contribution >= 0.6 is 0 Å². The van der Waals surface area contributed by atoms with Crippen molar-refractivity contribution in [1.29, 1.82) is 0 Å². The Bertz CT molecular complexity index is 1470. The van der Waals surface area contributed by atoms with Gasteiger partial charge in [-0.25, -0.2) is 0 Å². The molecular weight excluding hydrogens is 526 g/mol. The fourth-order valence-electron chi connectivity index (χ4n) is 7.22. The number of anilines is 1. The minimum absolute atomic E-state index is 0.0193. The summed E-state index contributed by atoms with van der Waals surface area (Å²) in [6.07, 6.45) is 1.31. The zero-order valence-corrected chi connectivity index (χ0v) is 23.6. The fourth-order valence-corrected chi connectivity index (χ4v) is 7.22. The molecule has 41 heavy (non-hydrogen) atoms. The molecule has 1 amide bonds. The van der Waals surface area contributed by atoms with Gasteiger partial charge in [0.25, 0.3) is 0 Å². The summed E-state index contributed by atoms with van der Waals surface area (Å²) < 4.78 is 0. The van der Waals surface area contributed by atoms with Crippen LogP contribution in [0, 0.1) is 23.7 Å². The summed E-state index contributed by atoms with van der Waals surface area (Å²) in [5.74, 6) is -10.4. The molecule has 0 saturated heterocycles. The summed E-state index contributed by atoms with van der Waals surface area (Å²) in [4.78, 5) is 70.3. The first kappa shape index (κ1) is 28.6. The summed E-state index contributed by atoms with van der Waals surface area (Å²) in [6, 6.07) is 10.4. The molecular formula is C31H35N3O7. The minimum Gasteiger partial charge on any atom is -0.507 e. The second-order valence-electron chi connectivity index (χ2n) is 11.9. The van der Waals surface area contributed by atoms with E-state index in [2.05, 4.69) is 0 Å². The van der Waals surface area contributed by atoms with Gasteiger partial charge in [0.2, 0.25) is 5.91 Å². The molecule has 10 heteroatoms. The molecule has 0 aromatic heterocycles. The van der Waals surface area contributed by atoms with E-state index in [0.29, 0.717) is 24.0 Å². The van der Waals surface area contributed by atoms with Crippen LogP contribution in [-0.4, -0.2) is 84.0 Å². The average Bonchev–Trinajstić information content (AvgIpc) is 2.90. The number of phenolic OH excluding ortho intramolecular Hbond substituents is 1. The molecule has 3 aliphatic rings. The Morgan fingerprint density at radius 1 is 1.02 bits per heavy atom. The number of hydrogen-bond donors (Lipinski definition) is 3. The lowest BCUT2D eigenvalue weighted by atomic mass is 9.52. The number of primary amides is 1. The van der Waals surface area contributed by atoms with Crippen LogP contribution in [0.5, 0.6) is 5.75 Å². The van der Waals surface area contributed by atoms with E-state index in [1.54, 1.807) is 14.1 Å². The summed E-state index contributed by atoms with van der Waals surface area (Å²) in [7, 11) is 6.79. The maximum Gasteiger partial charge on any atom is 0.235 e. The topological polar surface area (TPSA) is 158 Å². The molecule has 10 nitrogen and oxygen atoms in total. The van der Waals surface area contributed by atoms with Crippen LogP contribution in [0.3, 0.4) is 0 Å². The fraction of sp³-hybridized carbons (Fsp3) is 0.452. The Balaban J connectivity index is 1.60. The monoisotopic (exact) mass is 561 g/mol. The van der Waals surface area contributed by atoms with E-state index in [9.17, 15) is 34.2 Å². The van der Waals surface area contributed by atoms with Crippen molar-refractivity contribution in [2.45, 2.75) is 37.3 Å². The summed E-state index contributed by atoms with van der Waals surface area (Å²) in [5, 5.41) is 23.1. The highest BCUT2D eigenvalue weighted by Crippen LogP contribution is 2.52. The highest BCUT2D eigenvalue weighted by molar-refractivity contribution is 6.32. The van der Waals surface area contributed by atoms with Crippen molar-refractivity contribution in [1.82, 2.24) is 4.90 Å². The van der Waals surface area contributed by atoms with Crippen LogP contribution in [0.1, 0.15) is 33.5 Å².